The normalized spacial score (nSPS) is 15.4. The van der Waals surface area contributed by atoms with Crippen molar-refractivity contribution in [3.63, 3.8) is 0 Å². The summed E-state index contributed by atoms with van der Waals surface area (Å²) in [6.07, 6.45) is 4.20. The number of ether oxygens (including phenoxy) is 1. The largest absolute Gasteiger partial charge is 0.455 e. The third-order valence-electron chi connectivity index (χ3n) is 9.73. The number of aromatic nitrogens is 3. The lowest BCUT2D eigenvalue weighted by Gasteiger charge is -2.38. The first-order chi connectivity index (χ1) is 23.0. The van der Waals surface area contributed by atoms with E-state index in [1.807, 2.05) is 54.2 Å². The van der Waals surface area contributed by atoms with Crippen molar-refractivity contribution in [3.8, 4) is 0 Å². The second kappa shape index (κ2) is 12.5. The van der Waals surface area contributed by atoms with Crippen LogP contribution in [0.3, 0.4) is 0 Å². The quantitative estimate of drug-likeness (QED) is 0.120. The lowest BCUT2D eigenvalue weighted by molar-refractivity contribution is -0.149. The number of imidazole rings is 1. The van der Waals surface area contributed by atoms with Crippen LogP contribution in [-0.2, 0) is 27.9 Å². The molecule has 0 fully saturated rings. The smallest absolute Gasteiger partial charge is 0.303 e. The fraction of sp³-hybridized carbons (Fsp3) is 0.244. The molecule has 0 amide bonds. The summed E-state index contributed by atoms with van der Waals surface area (Å²) in [4.78, 5) is 32.3. The first-order valence-corrected chi connectivity index (χ1v) is 16.5. The molecule has 2 atom stereocenters. The van der Waals surface area contributed by atoms with Gasteiger partial charge >= 0.3 is 5.97 Å². The van der Waals surface area contributed by atoms with Gasteiger partial charge in [-0.3, -0.25) is 14.2 Å². The molecule has 3 heterocycles. The maximum Gasteiger partial charge on any atom is 0.303 e. The van der Waals surface area contributed by atoms with Gasteiger partial charge in [-0.25, -0.2) is 4.98 Å². The highest BCUT2D eigenvalue weighted by Crippen LogP contribution is 2.44. The number of carbonyl (C=O) groups is 2. The van der Waals surface area contributed by atoms with Gasteiger partial charge in [0.05, 0.1) is 17.8 Å². The molecule has 0 aliphatic carbocycles. The molecule has 6 nitrogen and oxygen atoms in total. The molecular formula is C41H39N3O3. The molecule has 1 aliphatic heterocycles. The second-order valence-electron chi connectivity index (χ2n) is 12.4. The molecule has 0 saturated heterocycles. The molecule has 4 aromatic carbocycles. The van der Waals surface area contributed by atoms with E-state index in [1.165, 1.54) is 12.5 Å². The Bertz CT molecular complexity index is 1950. The molecule has 0 bridgehead atoms. The van der Waals surface area contributed by atoms with E-state index in [9.17, 15) is 9.59 Å². The Balaban J connectivity index is 1.41. The number of fused-ring (bicyclic) bond motifs is 3. The summed E-state index contributed by atoms with van der Waals surface area (Å²) in [5.41, 5.74) is 7.08. The van der Waals surface area contributed by atoms with Crippen LogP contribution in [0.2, 0.25) is 0 Å². The van der Waals surface area contributed by atoms with E-state index in [0.717, 1.165) is 58.2 Å². The summed E-state index contributed by atoms with van der Waals surface area (Å²) >= 11 is 0. The number of rotatable bonds is 9. The fourth-order valence-corrected chi connectivity index (χ4v) is 7.77. The number of para-hydroxylation sites is 1. The molecular weight excluding hydrogens is 582 g/mol. The molecule has 1 aliphatic rings. The van der Waals surface area contributed by atoms with Crippen molar-refractivity contribution in [2.45, 2.75) is 58.1 Å². The number of hydrogen-bond acceptors (Lipinski definition) is 4. The SMILES string of the molecule is CCCc1c2n(c3ccccc13)C(=O)C(C(OC(C)=O)c1ncn(C(c3ccccc3)(c3ccccc3)c3ccccc3)c1C)CC2. The minimum atomic E-state index is -0.842. The Labute approximate surface area is 275 Å². The van der Waals surface area contributed by atoms with E-state index >= 15 is 0 Å². The predicted molar refractivity (Wildman–Crippen MR) is 184 cm³/mol. The molecule has 6 heteroatoms. The van der Waals surface area contributed by atoms with E-state index in [1.54, 1.807) is 0 Å². The molecule has 6 aromatic rings. The molecule has 2 aromatic heterocycles. The molecule has 0 saturated carbocycles. The molecule has 2 unspecified atom stereocenters. The Hall–Kier alpha value is -5.23. The minimum absolute atomic E-state index is 0.0505. The monoisotopic (exact) mass is 621 g/mol. The minimum Gasteiger partial charge on any atom is -0.455 e. The average Bonchev–Trinajstić information content (AvgIpc) is 3.64. The average molecular weight is 622 g/mol. The van der Waals surface area contributed by atoms with E-state index < -0.39 is 23.5 Å². The van der Waals surface area contributed by atoms with Crippen LogP contribution in [0.1, 0.15) is 76.9 Å². The topological polar surface area (TPSA) is 66.1 Å². The van der Waals surface area contributed by atoms with E-state index in [4.69, 9.17) is 9.72 Å². The van der Waals surface area contributed by atoms with Crippen molar-refractivity contribution in [1.82, 2.24) is 14.1 Å². The van der Waals surface area contributed by atoms with Crippen molar-refractivity contribution in [2.75, 3.05) is 0 Å². The maximum absolute atomic E-state index is 14.6. The molecule has 236 valence electrons. The van der Waals surface area contributed by atoms with E-state index in [2.05, 4.69) is 90.4 Å². The standard InChI is InChI=1S/C41H39N3O3/c1-4-16-33-34-23-14-15-24-36(34)44-37(33)26-25-35(40(44)46)39(47-29(3)45)38-28(2)43(27-42-38)41(30-17-8-5-9-18-30,31-19-10-6-11-20-31)32-21-12-7-13-22-32/h5-15,17-24,27,35,39H,4,16,25-26H2,1-3H3. The van der Waals surface area contributed by atoms with Crippen LogP contribution in [-0.4, -0.2) is 26.0 Å². The highest BCUT2D eigenvalue weighted by Gasteiger charge is 2.44. The Morgan fingerprint density at radius 1 is 0.872 bits per heavy atom. The molecule has 47 heavy (non-hydrogen) atoms. The Kier molecular flexibility index (Phi) is 8.10. The van der Waals surface area contributed by atoms with Crippen molar-refractivity contribution in [1.29, 1.82) is 0 Å². The van der Waals surface area contributed by atoms with Crippen LogP contribution < -0.4 is 0 Å². The summed E-state index contributed by atoms with van der Waals surface area (Å²) in [6.45, 7) is 5.60. The summed E-state index contributed by atoms with van der Waals surface area (Å²) in [6, 6.07) is 39.4. The highest BCUT2D eigenvalue weighted by atomic mass is 16.5. The zero-order chi connectivity index (χ0) is 32.5. The van der Waals surface area contributed by atoms with Gasteiger partial charge in [0.2, 0.25) is 5.91 Å². The van der Waals surface area contributed by atoms with E-state index in [-0.39, 0.29) is 5.91 Å². The Morgan fingerprint density at radius 3 is 1.98 bits per heavy atom. The third kappa shape index (κ3) is 4.99. The van der Waals surface area contributed by atoms with Gasteiger partial charge in [-0.2, -0.15) is 0 Å². The molecule has 7 rings (SSSR count). The lowest BCUT2D eigenvalue weighted by Crippen LogP contribution is -2.38. The Morgan fingerprint density at radius 2 is 1.43 bits per heavy atom. The van der Waals surface area contributed by atoms with Gasteiger partial charge in [-0.15, -0.1) is 0 Å². The first-order valence-electron chi connectivity index (χ1n) is 16.5. The number of hydrogen-bond donors (Lipinski definition) is 0. The van der Waals surface area contributed by atoms with Gasteiger partial charge in [0, 0.05) is 23.7 Å². The third-order valence-corrected chi connectivity index (χ3v) is 9.73. The van der Waals surface area contributed by atoms with Gasteiger partial charge < -0.3 is 9.30 Å². The zero-order valence-corrected chi connectivity index (χ0v) is 27.1. The number of benzene rings is 4. The van der Waals surface area contributed by atoms with Crippen molar-refractivity contribution >= 4 is 22.8 Å². The number of nitrogens with zero attached hydrogens (tertiary/aromatic N) is 3. The van der Waals surface area contributed by atoms with Crippen molar-refractivity contribution in [2.24, 2.45) is 5.92 Å². The summed E-state index contributed by atoms with van der Waals surface area (Å²) in [5.74, 6) is -1.07. The van der Waals surface area contributed by atoms with Crippen LogP contribution in [0.5, 0.6) is 0 Å². The van der Waals surface area contributed by atoms with Crippen LogP contribution in [0, 0.1) is 12.8 Å². The van der Waals surface area contributed by atoms with Gasteiger partial charge in [0.15, 0.2) is 6.10 Å². The van der Waals surface area contributed by atoms with Crippen LogP contribution in [0.4, 0.5) is 0 Å². The van der Waals surface area contributed by atoms with Crippen LogP contribution in [0.25, 0.3) is 10.9 Å². The van der Waals surface area contributed by atoms with Crippen LogP contribution in [0.15, 0.2) is 122 Å². The van der Waals surface area contributed by atoms with Gasteiger partial charge in [-0.1, -0.05) is 123 Å². The molecule has 0 spiro atoms. The zero-order valence-electron chi connectivity index (χ0n) is 27.1. The van der Waals surface area contributed by atoms with Gasteiger partial charge in [-0.05, 0) is 54.5 Å². The first kappa shape index (κ1) is 30.4. The molecule has 0 N–H and O–H groups in total. The molecule has 0 radical (unpaired) electrons. The predicted octanol–water partition coefficient (Wildman–Crippen LogP) is 8.45. The summed E-state index contributed by atoms with van der Waals surface area (Å²) in [7, 11) is 0. The number of esters is 1. The van der Waals surface area contributed by atoms with Gasteiger partial charge in [0.25, 0.3) is 0 Å². The van der Waals surface area contributed by atoms with E-state index in [0.29, 0.717) is 12.1 Å². The number of carbonyl (C=O) groups excluding carboxylic acids is 2. The second-order valence-corrected chi connectivity index (χ2v) is 12.4. The summed E-state index contributed by atoms with van der Waals surface area (Å²) < 4.78 is 10.2. The van der Waals surface area contributed by atoms with Crippen molar-refractivity contribution < 1.29 is 14.3 Å². The maximum atomic E-state index is 14.6. The van der Waals surface area contributed by atoms with Crippen LogP contribution >= 0.6 is 0 Å². The lowest BCUT2D eigenvalue weighted by atomic mass is 9.76. The fourth-order valence-electron chi connectivity index (χ4n) is 7.77. The summed E-state index contributed by atoms with van der Waals surface area (Å²) in [5, 5.41) is 1.13. The van der Waals surface area contributed by atoms with Gasteiger partial charge in [0.1, 0.15) is 11.2 Å². The number of aryl methyl sites for hydroxylation is 1. The van der Waals surface area contributed by atoms with Crippen molar-refractivity contribution in [3.05, 3.63) is 161 Å². The highest BCUT2D eigenvalue weighted by molar-refractivity contribution is 5.98.